The lowest BCUT2D eigenvalue weighted by atomic mass is 9.97. The van der Waals surface area contributed by atoms with Crippen molar-refractivity contribution in [1.82, 2.24) is 15.2 Å². The molecule has 0 saturated carbocycles. The van der Waals surface area contributed by atoms with Gasteiger partial charge in [0, 0.05) is 51.8 Å². The minimum Gasteiger partial charge on any atom is -0.356 e. The predicted octanol–water partition coefficient (Wildman–Crippen LogP) is 2.52. The molecule has 2 heterocycles. The fourth-order valence-corrected chi connectivity index (χ4v) is 3.69. The highest BCUT2D eigenvalue weighted by molar-refractivity contribution is 5.83. The fraction of sp³-hybridized carbons (Fsp3) is 0.571. The highest BCUT2D eigenvalue weighted by Crippen LogP contribution is 2.19. The molecule has 0 spiro atoms. The van der Waals surface area contributed by atoms with Crippen molar-refractivity contribution >= 4 is 17.6 Å². The topological polar surface area (TPSA) is 65.5 Å². The monoisotopic (exact) mass is 370 g/mol. The summed E-state index contributed by atoms with van der Waals surface area (Å²) in [7, 11) is 0. The number of nitrogens with one attached hydrogen (secondary N) is 1. The number of aromatic nitrogens is 1. The summed E-state index contributed by atoms with van der Waals surface area (Å²) in [4.78, 5) is 32.8. The van der Waals surface area contributed by atoms with Crippen molar-refractivity contribution in [1.29, 1.82) is 0 Å². The summed E-state index contributed by atoms with van der Waals surface area (Å²) in [5.74, 6) is 1.00. The van der Waals surface area contributed by atoms with Crippen LogP contribution in [0.2, 0.25) is 0 Å². The molecule has 3 rings (SSSR count). The van der Waals surface area contributed by atoms with Crippen LogP contribution in [0.4, 0.5) is 5.82 Å². The van der Waals surface area contributed by atoms with Gasteiger partial charge in [0.15, 0.2) is 0 Å². The van der Waals surface area contributed by atoms with Crippen LogP contribution in [0.15, 0.2) is 36.0 Å². The largest absolute Gasteiger partial charge is 0.356 e. The SMILES string of the molecule is O=C(CCC(=O)N1CCN(c2ccccn2)CC1)NCCC1=CCCCC1. The molecule has 2 amide bonds. The lowest BCUT2D eigenvalue weighted by Crippen LogP contribution is -2.49. The van der Waals surface area contributed by atoms with Gasteiger partial charge in [-0.25, -0.2) is 4.98 Å². The molecule has 1 aromatic heterocycles. The van der Waals surface area contributed by atoms with Crippen molar-refractivity contribution in [3.8, 4) is 0 Å². The quantitative estimate of drug-likeness (QED) is 0.749. The van der Waals surface area contributed by atoms with E-state index in [0.717, 1.165) is 25.3 Å². The van der Waals surface area contributed by atoms with Gasteiger partial charge in [-0.3, -0.25) is 9.59 Å². The Hall–Kier alpha value is -2.37. The van der Waals surface area contributed by atoms with Gasteiger partial charge in [0.1, 0.15) is 5.82 Å². The van der Waals surface area contributed by atoms with Crippen LogP contribution in [0.5, 0.6) is 0 Å². The lowest BCUT2D eigenvalue weighted by Gasteiger charge is -2.35. The Morgan fingerprint density at radius 1 is 1.07 bits per heavy atom. The van der Waals surface area contributed by atoms with E-state index in [9.17, 15) is 9.59 Å². The van der Waals surface area contributed by atoms with E-state index >= 15 is 0 Å². The minimum atomic E-state index is -0.0214. The number of carbonyl (C=O) groups excluding carboxylic acids is 2. The first-order valence-corrected chi connectivity index (χ1v) is 10.1. The second kappa shape index (κ2) is 10.1. The number of hydrogen-bond donors (Lipinski definition) is 1. The molecule has 1 fully saturated rings. The van der Waals surface area contributed by atoms with Gasteiger partial charge < -0.3 is 15.1 Å². The second-order valence-corrected chi connectivity index (χ2v) is 7.26. The molecule has 0 atom stereocenters. The third-order valence-electron chi connectivity index (χ3n) is 5.32. The molecule has 1 aliphatic heterocycles. The molecule has 6 nitrogen and oxygen atoms in total. The van der Waals surface area contributed by atoms with Crippen molar-refractivity contribution in [2.24, 2.45) is 0 Å². The van der Waals surface area contributed by atoms with E-state index in [-0.39, 0.29) is 24.7 Å². The average Bonchev–Trinajstić information content (AvgIpc) is 2.73. The Morgan fingerprint density at radius 3 is 2.63 bits per heavy atom. The standard InChI is InChI=1S/C21H30N4O2/c26-20(23-13-11-18-6-2-1-3-7-18)9-10-21(27)25-16-14-24(15-17-25)19-8-4-5-12-22-19/h4-6,8,12H,1-3,7,9-11,13-17H2,(H,23,26). The number of pyridine rings is 1. The van der Waals surface area contributed by atoms with Crippen molar-refractivity contribution in [3.05, 3.63) is 36.0 Å². The fourth-order valence-electron chi connectivity index (χ4n) is 3.69. The summed E-state index contributed by atoms with van der Waals surface area (Å²) < 4.78 is 0. The van der Waals surface area contributed by atoms with Gasteiger partial charge in [0.05, 0.1) is 0 Å². The van der Waals surface area contributed by atoms with Crippen molar-refractivity contribution < 1.29 is 9.59 Å². The third kappa shape index (κ3) is 6.08. The molecule has 0 unspecified atom stereocenters. The van der Waals surface area contributed by atoms with Gasteiger partial charge in [0.2, 0.25) is 11.8 Å². The van der Waals surface area contributed by atoms with E-state index in [0.29, 0.717) is 19.6 Å². The lowest BCUT2D eigenvalue weighted by molar-refractivity contribution is -0.133. The summed E-state index contributed by atoms with van der Waals surface area (Å²) in [6.45, 7) is 3.62. The van der Waals surface area contributed by atoms with Crippen LogP contribution in [0, 0.1) is 0 Å². The van der Waals surface area contributed by atoms with E-state index in [1.165, 1.54) is 31.3 Å². The van der Waals surface area contributed by atoms with Crippen LogP contribution in [-0.2, 0) is 9.59 Å². The van der Waals surface area contributed by atoms with E-state index in [2.05, 4.69) is 21.3 Å². The number of carbonyl (C=O) groups is 2. The number of hydrogen-bond acceptors (Lipinski definition) is 4. The van der Waals surface area contributed by atoms with Gasteiger partial charge in [0.25, 0.3) is 0 Å². The van der Waals surface area contributed by atoms with E-state index in [1.807, 2.05) is 23.1 Å². The average molecular weight is 370 g/mol. The maximum Gasteiger partial charge on any atom is 0.223 e. The predicted molar refractivity (Wildman–Crippen MR) is 106 cm³/mol. The molecule has 0 radical (unpaired) electrons. The van der Waals surface area contributed by atoms with Crippen molar-refractivity contribution in [2.75, 3.05) is 37.6 Å². The molecule has 6 heteroatoms. The number of anilines is 1. The zero-order valence-electron chi connectivity index (χ0n) is 16.0. The highest BCUT2D eigenvalue weighted by Gasteiger charge is 2.22. The zero-order valence-corrected chi connectivity index (χ0v) is 16.0. The Kier molecular flexibility index (Phi) is 7.25. The van der Waals surface area contributed by atoms with Gasteiger partial charge >= 0.3 is 0 Å². The van der Waals surface area contributed by atoms with Crippen LogP contribution in [0.1, 0.15) is 44.9 Å². The highest BCUT2D eigenvalue weighted by atomic mass is 16.2. The maximum absolute atomic E-state index is 12.4. The normalized spacial score (nSPS) is 17.4. The summed E-state index contributed by atoms with van der Waals surface area (Å²) in [6, 6.07) is 5.87. The summed E-state index contributed by atoms with van der Waals surface area (Å²) in [5, 5.41) is 2.95. The van der Waals surface area contributed by atoms with Crippen LogP contribution in [-0.4, -0.2) is 54.4 Å². The van der Waals surface area contributed by atoms with Crippen molar-refractivity contribution in [3.63, 3.8) is 0 Å². The summed E-state index contributed by atoms with van der Waals surface area (Å²) in [5.41, 5.74) is 1.46. The van der Waals surface area contributed by atoms with E-state index < -0.39 is 0 Å². The molecule has 1 aliphatic carbocycles. The minimum absolute atomic E-state index is 0.0214. The first kappa shape index (κ1) is 19.4. The number of amides is 2. The summed E-state index contributed by atoms with van der Waals surface area (Å²) >= 11 is 0. The first-order valence-electron chi connectivity index (χ1n) is 10.1. The molecule has 1 N–H and O–H groups in total. The molecule has 2 aliphatic rings. The summed E-state index contributed by atoms with van der Waals surface area (Å²) in [6.07, 6.45) is 10.5. The Morgan fingerprint density at radius 2 is 1.93 bits per heavy atom. The maximum atomic E-state index is 12.4. The third-order valence-corrected chi connectivity index (χ3v) is 5.32. The molecular weight excluding hydrogens is 340 g/mol. The van der Waals surface area contributed by atoms with Gasteiger partial charge in [-0.1, -0.05) is 17.7 Å². The Labute approximate surface area is 161 Å². The number of piperazine rings is 1. The Bertz CT molecular complexity index is 651. The molecule has 1 aromatic rings. The molecule has 0 aromatic carbocycles. The van der Waals surface area contributed by atoms with Crippen molar-refractivity contribution in [2.45, 2.75) is 44.9 Å². The first-order chi connectivity index (χ1) is 13.2. The van der Waals surface area contributed by atoms with Gasteiger partial charge in [-0.05, 0) is 44.2 Å². The number of nitrogens with zero attached hydrogens (tertiary/aromatic N) is 3. The molecule has 1 saturated heterocycles. The van der Waals surface area contributed by atoms with Crippen LogP contribution in [0.3, 0.4) is 0 Å². The smallest absolute Gasteiger partial charge is 0.223 e. The van der Waals surface area contributed by atoms with Gasteiger partial charge in [-0.2, -0.15) is 0 Å². The molecule has 27 heavy (non-hydrogen) atoms. The van der Waals surface area contributed by atoms with E-state index in [1.54, 1.807) is 6.20 Å². The molecular formula is C21H30N4O2. The second-order valence-electron chi connectivity index (χ2n) is 7.26. The number of allylic oxidation sites excluding steroid dienone is 1. The zero-order chi connectivity index (χ0) is 18.9. The molecule has 146 valence electrons. The number of rotatable bonds is 7. The Balaban J connectivity index is 1.31. The molecule has 0 bridgehead atoms. The van der Waals surface area contributed by atoms with Gasteiger partial charge in [-0.15, -0.1) is 0 Å². The van der Waals surface area contributed by atoms with Crippen LogP contribution >= 0.6 is 0 Å². The van der Waals surface area contributed by atoms with E-state index in [4.69, 9.17) is 0 Å². The van der Waals surface area contributed by atoms with Crippen LogP contribution < -0.4 is 10.2 Å². The van der Waals surface area contributed by atoms with Crippen LogP contribution in [0.25, 0.3) is 0 Å².